The second-order valence-electron chi connectivity index (χ2n) is 9.79. The summed E-state index contributed by atoms with van der Waals surface area (Å²) >= 11 is 0. The number of hydrogen-bond acceptors (Lipinski definition) is 6. The average molecular weight is 534 g/mol. The summed E-state index contributed by atoms with van der Waals surface area (Å²) in [5, 5.41) is 11.0. The molecule has 2 aromatic carbocycles. The minimum Gasteiger partial charge on any atom is -0.507 e. The third-order valence-corrected chi connectivity index (χ3v) is 8.51. The van der Waals surface area contributed by atoms with Gasteiger partial charge in [0.15, 0.2) is 0 Å². The van der Waals surface area contributed by atoms with Crippen molar-refractivity contribution < 1.29 is 22.4 Å². The van der Waals surface area contributed by atoms with E-state index in [1.165, 1.54) is 12.1 Å². The highest BCUT2D eigenvalue weighted by Crippen LogP contribution is 2.48. The van der Waals surface area contributed by atoms with Crippen molar-refractivity contribution in [3.63, 3.8) is 0 Å². The molecule has 2 N–H and O–H groups in total. The zero-order valence-electron chi connectivity index (χ0n) is 21.2. The van der Waals surface area contributed by atoms with Crippen molar-refractivity contribution in [1.29, 1.82) is 0 Å². The van der Waals surface area contributed by atoms with Crippen molar-refractivity contribution >= 4 is 10.0 Å². The summed E-state index contributed by atoms with van der Waals surface area (Å²) in [5.74, 6) is 0.926. The predicted octanol–water partition coefficient (Wildman–Crippen LogP) is 5.70. The first-order valence-electron chi connectivity index (χ1n) is 12.9. The van der Waals surface area contributed by atoms with Gasteiger partial charge in [0.2, 0.25) is 10.0 Å². The van der Waals surface area contributed by atoms with E-state index in [-0.39, 0.29) is 34.6 Å². The van der Waals surface area contributed by atoms with Gasteiger partial charge in [-0.15, -0.1) is 0 Å². The van der Waals surface area contributed by atoms with E-state index in [1.54, 1.807) is 36.4 Å². The summed E-state index contributed by atoms with van der Waals surface area (Å²) in [4.78, 5) is 13.4. The van der Waals surface area contributed by atoms with Crippen LogP contribution < -0.4 is 10.3 Å². The van der Waals surface area contributed by atoms with Crippen LogP contribution in [0.1, 0.15) is 66.4 Å². The predicted molar refractivity (Wildman–Crippen MR) is 144 cm³/mol. The Morgan fingerprint density at radius 2 is 1.63 bits per heavy atom. The van der Waals surface area contributed by atoms with Crippen molar-refractivity contribution in [2.75, 3.05) is 0 Å². The van der Waals surface area contributed by atoms with E-state index in [2.05, 4.69) is 4.72 Å². The van der Waals surface area contributed by atoms with Gasteiger partial charge >= 0.3 is 5.63 Å². The molecule has 2 unspecified atom stereocenters. The van der Waals surface area contributed by atoms with Gasteiger partial charge in [0.25, 0.3) is 0 Å². The molecule has 1 aliphatic rings. The van der Waals surface area contributed by atoms with Crippen LogP contribution in [0.5, 0.6) is 5.75 Å². The van der Waals surface area contributed by atoms with E-state index in [9.17, 15) is 18.3 Å². The van der Waals surface area contributed by atoms with Gasteiger partial charge in [-0.3, -0.25) is 0 Å². The van der Waals surface area contributed by atoms with E-state index in [4.69, 9.17) is 8.83 Å². The van der Waals surface area contributed by atoms with Crippen LogP contribution in [0.25, 0.3) is 0 Å². The smallest absolute Gasteiger partial charge is 0.343 e. The Kier molecular flexibility index (Phi) is 7.53. The normalized spacial score (nSPS) is 15.3. The molecular weight excluding hydrogens is 502 g/mol. The Bertz CT molecular complexity index is 1540. The summed E-state index contributed by atoms with van der Waals surface area (Å²) in [7, 11) is -3.69. The molecular formula is C30H31NO6S. The first-order chi connectivity index (χ1) is 18.4. The maximum atomic E-state index is 13.2. The Hall–Kier alpha value is -3.62. The van der Waals surface area contributed by atoms with Crippen LogP contribution in [0.2, 0.25) is 0 Å². The van der Waals surface area contributed by atoms with Crippen molar-refractivity contribution in [2.24, 2.45) is 5.92 Å². The van der Waals surface area contributed by atoms with Crippen molar-refractivity contribution in [3.8, 4) is 5.75 Å². The number of sulfonamides is 1. The van der Waals surface area contributed by atoms with Crippen molar-refractivity contribution in [1.82, 2.24) is 4.72 Å². The molecule has 4 aromatic rings. The number of benzene rings is 2. The molecule has 5 rings (SSSR count). The van der Waals surface area contributed by atoms with Gasteiger partial charge in [0.05, 0.1) is 22.9 Å². The van der Waals surface area contributed by atoms with Crippen LogP contribution in [0.3, 0.4) is 0 Å². The summed E-state index contributed by atoms with van der Waals surface area (Å²) in [6.45, 7) is 1.99. The highest BCUT2D eigenvalue weighted by molar-refractivity contribution is 7.89. The molecule has 8 heteroatoms. The van der Waals surface area contributed by atoms with Gasteiger partial charge in [-0.25, -0.2) is 17.9 Å². The fraction of sp³-hybridized carbons (Fsp3) is 0.300. The number of rotatable bonds is 11. The molecule has 0 aliphatic heterocycles. The molecule has 0 spiro atoms. The Labute approximate surface area is 222 Å². The largest absolute Gasteiger partial charge is 0.507 e. The average Bonchev–Trinajstić information content (AvgIpc) is 3.65. The number of aromatic hydroxyl groups is 1. The molecule has 1 fully saturated rings. The van der Waals surface area contributed by atoms with E-state index < -0.39 is 21.6 Å². The highest BCUT2D eigenvalue weighted by atomic mass is 32.2. The number of furan rings is 1. The summed E-state index contributed by atoms with van der Waals surface area (Å²) < 4.78 is 39.5. The van der Waals surface area contributed by atoms with Gasteiger partial charge in [-0.1, -0.05) is 55.5 Å². The van der Waals surface area contributed by atoms with E-state index >= 15 is 0 Å². The Balaban J connectivity index is 1.37. The van der Waals surface area contributed by atoms with E-state index in [0.29, 0.717) is 23.7 Å². The van der Waals surface area contributed by atoms with E-state index in [1.807, 2.05) is 37.3 Å². The molecule has 0 amide bonds. The fourth-order valence-electron chi connectivity index (χ4n) is 4.89. The second-order valence-corrected chi connectivity index (χ2v) is 11.6. The molecule has 7 nitrogen and oxygen atoms in total. The maximum absolute atomic E-state index is 13.2. The van der Waals surface area contributed by atoms with Gasteiger partial charge in [-0.2, -0.15) is 0 Å². The molecule has 2 atom stereocenters. The highest BCUT2D eigenvalue weighted by Gasteiger charge is 2.39. The maximum Gasteiger partial charge on any atom is 0.343 e. The molecule has 2 aromatic heterocycles. The SMILES string of the molecule is CCC(Cc1ccccc1)c1cc(O)c(C(c2ccc(CNS(=O)(=O)c3ccccc3)o2)C2CC2)c(=O)o1. The van der Waals surface area contributed by atoms with Crippen molar-refractivity contribution in [3.05, 3.63) is 118 Å². The first kappa shape index (κ1) is 26.0. The quantitative estimate of drug-likeness (QED) is 0.256. The van der Waals surface area contributed by atoms with Gasteiger partial charge < -0.3 is 13.9 Å². The lowest BCUT2D eigenvalue weighted by molar-refractivity contribution is 0.367. The third kappa shape index (κ3) is 5.76. The van der Waals surface area contributed by atoms with Crippen LogP contribution in [-0.2, 0) is 23.0 Å². The Morgan fingerprint density at radius 1 is 0.947 bits per heavy atom. The lowest BCUT2D eigenvalue weighted by atomic mass is 9.90. The van der Waals surface area contributed by atoms with Gasteiger partial charge in [-0.05, 0) is 61.4 Å². The summed E-state index contributed by atoms with van der Waals surface area (Å²) in [6.07, 6.45) is 3.25. The summed E-state index contributed by atoms with van der Waals surface area (Å²) in [6, 6.07) is 23.1. The molecule has 198 valence electrons. The molecule has 38 heavy (non-hydrogen) atoms. The zero-order valence-corrected chi connectivity index (χ0v) is 22.0. The third-order valence-electron chi connectivity index (χ3n) is 7.09. The van der Waals surface area contributed by atoms with Crippen molar-refractivity contribution in [2.45, 2.75) is 55.9 Å². The lowest BCUT2D eigenvalue weighted by Crippen LogP contribution is -2.22. The summed E-state index contributed by atoms with van der Waals surface area (Å²) in [5.41, 5.74) is 0.759. The molecule has 0 bridgehead atoms. The monoisotopic (exact) mass is 533 g/mol. The fourth-order valence-corrected chi connectivity index (χ4v) is 5.90. The standard InChI is InChI=1S/C30H31NO6S/c1-2-21(17-20-9-5-3-6-10-20)27-18-25(32)29(30(33)37-27)28(22-13-14-22)26-16-15-23(36-26)19-31-38(34,35)24-11-7-4-8-12-24/h3-12,15-16,18,21-22,28,31-32H,2,13-14,17,19H2,1H3. The van der Waals surface area contributed by atoms with Crippen LogP contribution in [-0.4, -0.2) is 13.5 Å². The topological polar surface area (TPSA) is 110 Å². The molecule has 1 saturated carbocycles. The Morgan fingerprint density at radius 3 is 2.26 bits per heavy atom. The first-order valence-corrected chi connectivity index (χ1v) is 14.4. The minimum absolute atomic E-state index is 0.0359. The van der Waals surface area contributed by atoms with Crippen LogP contribution in [0.15, 0.2) is 97.4 Å². The number of nitrogens with one attached hydrogen (secondary N) is 1. The van der Waals surface area contributed by atoms with Crippen LogP contribution >= 0.6 is 0 Å². The van der Waals surface area contributed by atoms with Gasteiger partial charge in [0.1, 0.15) is 23.0 Å². The minimum atomic E-state index is -3.69. The molecule has 0 radical (unpaired) electrons. The lowest BCUT2D eigenvalue weighted by Gasteiger charge is -2.18. The molecule has 1 aliphatic carbocycles. The number of hydrogen-bond donors (Lipinski definition) is 2. The van der Waals surface area contributed by atoms with Crippen LogP contribution in [0, 0.1) is 5.92 Å². The zero-order chi connectivity index (χ0) is 26.7. The van der Waals surface area contributed by atoms with Crippen LogP contribution in [0.4, 0.5) is 0 Å². The molecule has 2 heterocycles. The van der Waals surface area contributed by atoms with E-state index in [0.717, 1.165) is 24.8 Å². The van der Waals surface area contributed by atoms with Gasteiger partial charge in [0, 0.05) is 12.0 Å². The second kappa shape index (κ2) is 11.0. The molecule has 0 saturated heterocycles.